The highest BCUT2D eigenvalue weighted by atomic mass is 32.2. The smallest absolute Gasteiger partial charge is 0.255 e. The minimum atomic E-state index is -3.41. The van der Waals surface area contributed by atoms with Crippen molar-refractivity contribution in [1.82, 2.24) is 9.55 Å². The molecule has 0 aliphatic carbocycles. The molecule has 0 radical (unpaired) electrons. The fraction of sp³-hybridized carbons (Fsp3) is 0.0476. The Labute approximate surface area is 168 Å². The number of carbonyl (C=O) groups is 1. The van der Waals surface area contributed by atoms with Crippen LogP contribution in [0.1, 0.15) is 10.4 Å². The van der Waals surface area contributed by atoms with Crippen molar-refractivity contribution in [3.05, 3.63) is 84.7 Å². The zero-order chi connectivity index (χ0) is 20.4. The summed E-state index contributed by atoms with van der Waals surface area (Å²) in [5.41, 5.74) is 4.15. The number of carbonyl (C=O) groups excluding carboxylic acids is 1. The van der Waals surface area contributed by atoms with Gasteiger partial charge in [0.05, 0.1) is 17.3 Å². The second kappa shape index (κ2) is 7.40. The third-order valence-electron chi connectivity index (χ3n) is 4.28. The van der Waals surface area contributed by atoms with Crippen LogP contribution in [0.25, 0.3) is 16.7 Å². The SMILES string of the molecule is CS(=O)(=O)Nc1cccc(C(=O)Nc2ccc(-n3cnc4ccccc43)cc2)c1. The molecule has 29 heavy (non-hydrogen) atoms. The minimum Gasteiger partial charge on any atom is -0.322 e. The van der Waals surface area contributed by atoms with Crippen molar-refractivity contribution >= 4 is 38.3 Å². The van der Waals surface area contributed by atoms with E-state index in [1.165, 1.54) is 6.07 Å². The predicted molar refractivity (Wildman–Crippen MR) is 114 cm³/mol. The number of rotatable bonds is 5. The van der Waals surface area contributed by atoms with Crippen LogP contribution in [0, 0.1) is 0 Å². The molecule has 0 saturated heterocycles. The number of fused-ring (bicyclic) bond motifs is 1. The number of amides is 1. The molecule has 0 unspecified atom stereocenters. The third kappa shape index (κ3) is 4.27. The van der Waals surface area contributed by atoms with Crippen LogP contribution in [0.4, 0.5) is 11.4 Å². The first-order valence-corrected chi connectivity index (χ1v) is 10.7. The van der Waals surface area contributed by atoms with Gasteiger partial charge >= 0.3 is 0 Å². The monoisotopic (exact) mass is 406 g/mol. The highest BCUT2D eigenvalue weighted by Crippen LogP contribution is 2.20. The van der Waals surface area contributed by atoms with Crippen molar-refractivity contribution in [2.75, 3.05) is 16.3 Å². The van der Waals surface area contributed by atoms with Crippen molar-refractivity contribution in [3.63, 3.8) is 0 Å². The fourth-order valence-corrected chi connectivity index (χ4v) is 3.57. The maximum atomic E-state index is 12.5. The predicted octanol–water partition coefficient (Wildman–Crippen LogP) is 3.65. The zero-order valence-electron chi connectivity index (χ0n) is 15.5. The Hall–Kier alpha value is -3.65. The molecule has 1 aromatic heterocycles. The molecule has 2 N–H and O–H groups in total. The molecule has 8 heteroatoms. The summed E-state index contributed by atoms with van der Waals surface area (Å²) in [6.07, 6.45) is 2.82. The second-order valence-corrected chi connectivity index (χ2v) is 8.31. The third-order valence-corrected chi connectivity index (χ3v) is 4.89. The van der Waals surface area contributed by atoms with E-state index in [2.05, 4.69) is 15.0 Å². The number of benzene rings is 3. The summed E-state index contributed by atoms with van der Waals surface area (Å²) in [5.74, 6) is -0.331. The molecule has 0 atom stereocenters. The summed E-state index contributed by atoms with van der Waals surface area (Å²) in [6.45, 7) is 0. The number of anilines is 2. The molecule has 0 bridgehead atoms. The van der Waals surface area contributed by atoms with Gasteiger partial charge in [-0.1, -0.05) is 18.2 Å². The second-order valence-electron chi connectivity index (χ2n) is 6.56. The van der Waals surface area contributed by atoms with Crippen molar-refractivity contribution < 1.29 is 13.2 Å². The van der Waals surface area contributed by atoms with Crippen LogP contribution < -0.4 is 10.0 Å². The van der Waals surface area contributed by atoms with Crippen LogP contribution in [0.15, 0.2) is 79.1 Å². The van der Waals surface area contributed by atoms with Crippen molar-refractivity contribution in [3.8, 4) is 5.69 Å². The maximum absolute atomic E-state index is 12.5. The molecular weight excluding hydrogens is 388 g/mol. The van der Waals surface area contributed by atoms with E-state index < -0.39 is 10.0 Å². The number of nitrogens with one attached hydrogen (secondary N) is 2. The number of hydrogen-bond acceptors (Lipinski definition) is 4. The van der Waals surface area contributed by atoms with Gasteiger partial charge in [0.1, 0.15) is 6.33 Å². The number of para-hydroxylation sites is 2. The number of sulfonamides is 1. The van der Waals surface area contributed by atoms with E-state index in [1.807, 2.05) is 41.0 Å². The Morgan fingerprint density at radius 2 is 1.69 bits per heavy atom. The molecule has 0 fully saturated rings. The quantitative estimate of drug-likeness (QED) is 0.529. The van der Waals surface area contributed by atoms with Gasteiger partial charge in [-0.25, -0.2) is 13.4 Å². The molecule has 0 aliphatic rings. The Morgan fingerprint density at radius 1 is 0.931 bits per heavy atom. The van der Waals surface area contributed by atoms with Gasteiger partial charge in [-0.2, -0.15) is 0 Å². The molecule has 7 nitrogen and oxygen atoms in total. The van der Waals surface area contributed by atoms with Crippen LogP contribution in [0.5, 0.6) is 0 Å². The van der Waals surface area contributed by atoms with Crippen molar-refractivity contribution in [2.45, 2.75) is 0 Å². The van der Waals surface area contributed by atoms with E-state index in [0.29, 0.717) is 16.9 Å². The lowest BCUT2D eigenvalue weighted by Gasteiger charge is -2.09. The molecule has 0 saturated carbocycles. The molecule has 0 aliphatic heterocycles. The Balaban J connectivity index is 1.52. The summed E-state index contributed by atoms with van der Waals surface area (Å²) in [7, 11) is -3.41. The fourth-order valence-electron chi connectivity index (χ4n) is 3.01. The molecule has 4 rings (SSSR count). The lowest BCUT2D eigenvalue weighted by molar-refractivity contribution is 0.102. The topological polar surface area (TPSA) is 93.1 Å². The largest absolute Gasteiger partial charge is 0.322 e. The van der Waals surface area contributed by atoms with E-state index in [4.69, 9.17) is 0 Å². The maximum Gasteiger partial charge on any atom is 0.255 e. The molecule has 0 spiro atoms. The van der Waals surface area contributed by atoms with E-state index in [-0.39, 0.29) is 5.91 Å². The summed E-state index contributed by atoms with van der Waals surface area (Å²) in [4.78, 5) is 16.9. The van der Waals surface area contributed by atoms with Crippen LogP contribution >= 0.6 is 0 Å². The van der Waals surface area contributed by atoms with Crippen molar-refractivity contribution in [1.29, 1.82) is 0 Å². The van der Waals surface area contributed by atoms with Gasteiger partial charge < -0.3 is 5.32 Å². The van der Waals surface area contributed by atoms with Gasteiger partial charge in [0.15, 0.2) is 0 Å². The highest BCUT2D eigenvalue weighted by Gasteiger charge is 2.09. The van der Waals surface area contributed by atoms with Crippen LogP contribution in [0.2, 0.25) is 0 Å². The average Bonchev–Trinajstić information content (AvgIpc) is 3.12. The number of hydrogen-bond donors (Lipinski definition) is 2. The summed E-state index contributed by atoms with van der Waals surface area (Å²) < 4.78 is 27.1. The van der Waals surface area contributed by atoms with E-state index in [9.17, 15) is 13.2 Å². The normalized spacial score (nSPS) is 11.3. The van der Waals surface area contributed by atoms with Crippen LogP contribution in [-0.2, 0) is 10.0 Å². The number of aromatic nitrogens is 2. The minimum absolute atomic E-state index is 0.331. The van der Waals surface area contributed by atoms with Gasteiger partial charge in [0, 0.05) is 22.6 Å². The van der Waals surface area contributed by atoms with Gasteiger partial charge in [0.25, 0.3) is 5.91 Å². The molecule has 3 aromatic carbocycles. The summed E-state index contributed by atoms with van der Waals surface area (Å²) in [5, 5.41) is 2.82. The van der Waals surface area contributed by atoms with Crippen LogP contribution in [-0.4, -0.2) is 30.1 Å². The van der Waals surface area contributed by atoms with E-state index in [1.54, 1.807) is 36.7 Å². The highest BCUT2D eigenvalue weighted by molar-refractivity contribution is 7.92. The standard InChI is InChI=1S/C21H18N4O3S/c1-29(27,28)24-17-6-4-5-15(13-17)21(26)23-16-9-11-18(12-10-16)25-14-22-19-7-2-3-8-20(19)25/h2-14,24H,1H3,(H,23,26). The van der Waals surface area contributed by atoms with E-state index in [0.717, 1.165) is 23.0 Å². The Bertz CT molecular complexity index is 1300. The number of imidazole rings is 1. The average molecular weight is 406 g/mol. The summed E-state index contributed by atoms with van der Waals surface area (Å²) in [6, 6.07) is 21.6. The lowest BCUT2D eigenvalue weighted by Crippen LogP contribution is -2.14. The van der Waals surface area contributed by atoms with Gasteiger partial charge in [-0.15, -0.1) is 0 Å². The van der Waals surface area contributed by atoms with Crippen LogP contribution in [0.3, 0.4) is 0 Å². The molecule has 146 valence electrons. The first kappa shape index (κ1) is 18.7. The Morgan fingerprint density at radius 3 is 2.45 bits per heavy atom. The Kier molecular flexibility index (Phi) is 4.77. The zero-order valence-corrected chi connectivity index (χ0v) is 16.3. The molecule has 4 aromatic rings. The lowest BCUT2D eigenvalue weighted by atomic mass is 10.2. The first-order valence-electron chi connectivity index (χ1n) is 8.81. The van der Waals surface area contributed by atoms with Gasteiger partial charge in [0.2, 0.25) is 10.0 Å². The number of nitrogens with zero attached hydrogens (tertiary/aromatic N) is 2. The molecule has 1 amide bonds. The first-order chi connectivity index (χ1) is 13.9. The molecule has 1 heterocycles. The summed E-state index contributed by atoms with van der Waals surface area (Å²) >= 11 is 0. The van der Waals surface area contributed by atoms with Gasteiger partial charge in [-0.3, -0.25) is 14.1 Å². The van der Waals surface area contributed by atoms with E-state index >= 15 is 0 Å². The van der Waals surface area contributed by atoms with Crippen molar-refractivity contribution in [2.24, 2.45) is 0 Å². The molecular formula is C21H18N4O3S. The van der Waals surface area contributed by atoms with Gasteiger partial charge in [-0.05, 0) is 54.6 Å².